The normalized spacial score (nSPS) is 14.8. The predicted molar refractivity (Wildman–Crippen MR) is 66.7 cm³/mol. The quantitative estimate of drug-likeness (QED) is 0.748. The number of hydrogen-bond donors (Lipinski definition) is 0. The van der Waals surface area contributed by atoms with Crippen LogP contribution in [0.25, 0.3) is 0 Å². The van der Waals surface area contributed by atoms with Gasteiger partial charge in [0.05, 0.1) is 11.1 Å². The Balaban J connectivity index is 2.01. The lowest BCUT2D eigenvalue weighted by atomic mass is 10.1. The molecule has 0 heterocycles. The summed E-state index contributed by atoms with van der Waals surface area (Å²) in [6, 6.07) is 5.97. The number of aldehydes is 1. The number of halogens is 1. The van der Waals surface area contributed by atoms with Crippen molar-refractivity contribution >= 4 is 22.2 Å². The zero-order valence-electron chi connectivity index (χ0n) is 9.12. The van der Waals surface area contributed by atoms with Crippen molar-refractivity contribution in [3.8, 4) is 5.75 Å². The molecule has 0 spiro atoms. The summed E-state index contributed by atoms with van der Waals surface area (Å²) in [5, 5.41) is 0. The molecule has 3 heteroatoms. The van der Waals surface area contributed by atoms with Crippen LogP contribution in [0.1, 0.15) is 24.8 Å². The summed E-state index contributed by atoms with van der Waals surface area (Å²) in [5.74, 6) is 1.65. The monoisotopic (exact) mass is 282 g/mol. The van der Waals surface area contributed by atoms with Crippen LogP contribution in [0.2, 0.25) is 0 Å². The molecule has 2 nitrogen and oxygen atoms in total. The van der Waals surface area contributed by atoms with E-state index in [9.17, 15) is 4.79 Å². The lowest BCUT2D eigenvalue weighted by Gasteiger charge is -2.10. The molecule has 0 radical (unpaired) electrons. The van der Waals surface area contributed by atoms with Crippen molar-refractivity contribution in [2.24, 2.45) is 5.92 Å². The zero-order valence-corrected chi connectivity index (χ0v) is 10.7. The Bertz CT molecular complexity index is 372. The maximum atomic E-state index is 10.4. The number of hydrogen-bond acceptors (Lipinski definition) is 2. The molecule has 0 saturated heterocycles. The summed E-state index contributed by atoms with van der Waals surface area (Å²) >= 11 is 3.54. The summed E-state index contributed by atoms with van der Waals surface area (Å²) in [5.41, 5.74) is 1.14. The van der Waals surface area contributed by atoms with Crippen LogP contribution in [0, 0.1) is 5.92 Å². The van der Waals surface area contributed by atoms with Crippen molar-refractivity contribution in [2.75, 3.05) is 6.61 Å². The fourth-order valence-electron chi connectivity index (χ4n) is 1.57. The number of carbonyl (C=O) groups excluding carboxylic acids is 1. The van der Waals surface area contributed by atoms with Gasteiger partial charge in [-0.1, -0.05) is 12.1 Å². The smallest absolute Gasteiger partial charge is 0.133 e. The maximum absolute atomic E-state index is 10.4. The van der Waals surface area contributed by atoms with E-state index >= 15 is 0 Å². The molecule has 1 saturated carbocycles. The summed E-state index contributed by atoms with van der Waals surface area (Å²) in [6.45, 7) is 0.815. The van der Waals surface area contributed by atoms with Crippen LogP contribution < -0.4 is 4.74 Å². The fourth-order valence-corrected chi connectivity index (χ4v) is 2.14. The van der Waals surface area contributed by atoms with Crippen molar-refractivity contribution in [2.45, 2.75) is 25.7 Å². The zero-order chi connectivity index (χ0) is 11.4. The third kappa shape index (κ3) is 3.08. The second kappa shape index (κ2) is 5.48. The number of rotatable bonds is 6. The molecular weight excluding hydrogens is 268 g/mol. The molecule has 0 aromatic heterocycles. The van der Waals surface area contributed by atoms with Gasteiger partial charge in [0.1, 0.15) is 12.0 Å². The molecule has 0 amide bonds. The number of ether oxygens (including phenoxy) is 1. The minimum Gasteiger partial charge on any atom is -0.492 e. The van der Waals surface area contributed by atoms with Gasteiger partial charge in [-0.2, -0.15) is 0 Å². The Hall–Kier alpha value is -0.830. The van der Waals surface area contributed by atoms with Gasteiger partial charge in [-0.25, -0.2) is 0 Å². The van der Waals surface area contributed by atoms with Gasteiger partial charge in [0, 0.05) is 6.42 Å². The SMILES string of the molecule is O=CCCc1cccc(OCC2CC2)c1Br. The summed E-state index contributed by atoms with van der Waals surface area (Å²) in [6.07, 6.45) is 4.87. The fraction of sp³-hybridized carbons (Fsp3) is 0.462. The first-order valence-electron chi connectivity index (χ1n) is 5.65. The van der Waals surface area contributed by atoms with Crippen molar-refractivity contribution in [3.05, 3.63) is 28.2 Å². The molecule has 1 aromatic rings. The highest BCUT2D eigenvalue weighted by atomic mass is 79.9. The first-order valence-corrected chi connectivity index (χ1v) is 6.44. The molecule has 0 bridgehead atoms. The summed E-state index contributed by atoms with van der Waals surface area (Å²) in [7, 11) is 0. The highest BCUT2D eigenvalue weighted by Gasteiger charge is 2.22. The molecular formula is C13H15BrO2. The van der Waals surface area contributed by atoms with E-state index in [0.29, 0.717) is 6.42 Å². The van der Waals surface area contributed by atoms with Gasteiger partial charge in [0.15, 0.2) is 0 Å². The van der Waals surface area contributed by atoms with Gasteiger partial charge in [0.2, 0.25) is 0 Å². The Morgan fingerprint density at radius 2 is 2.25 bits per heavy atom. The predicted octanol–water partition coefficient (Wildman–Crippen LogP) is 3.37. The van der Waals surface area contributed by atoms with E-state index in [0.717, 1.165) is 41.0 Å². The summed E-state index contributed by atoms with van der Waals surface area (Å²) < 4.78 is 6.74. The Labute approximate surface area is 104 Å². The van der Waals surface area contributed by atoms with E-state index in [1.54, 1.807) is 0 Å². The third-order valence-corrected chi connectivity index (χ3v) is 3.65. The van der Waals surface area contributed by atoms with Crippen LogP contribution in [-0.2, 0) is 11.2 Å². The number of aryl methyl sites for hydroxylation is 1. The van der Waals surface area contributed by atoms with Crippen LogP contribution in [0.4, 0.5) is 0 Å². The number of carbonyl (C=O) groups is 1. The van der Waals surface area contributed by atoms with Crippen LogP contribution in [0.5, 0.6) is 5.75 Å². The lowest BCUT2D eigenvalue weighted by molar-refractivity contribution is -0.107. The molecule has 86 valence electrons. The van der Waals surface area contributed by atoms with Gasteiger partial charge < -0.3 is 9.53 Å². The molecule has 0 unspecified atom stereocenters. The van der Waals surface area contributed by atoms with Crippen molar-refractivity contribution in [1.82, 2.24) is 0 Å². The maximum Gasteiger partial charge on any atom is 0.133 e. The molecule has 2 rings (SSSR count). The minimum atomic E-state index is 0.560. The van der Waals surface area contributed by atoms with E-state index in [1.807, 2.05) is 18.2 Å². The molecule has 1 aliphatic rings. The molecule has 16 heavy (non-hydrogen) atoms. The highest BCUT2D eigenvalue weighted by molar-refractivity contribution is 9.10. The second-order valence-electron chi connectivity index (χ2n) is 4.19. The van der Waals surface area contributed by atoms with E-state index in [-0.39, 0.29) is 0 Å². The van der Waals surface area contributed by atoms with Gasteiger partial charge in [-0.3, -0.25) is 0 Å². The minimum absolute atomic E-state index is 0.560. The number of benzene rings is 1. The molecule has 0 N–H and O–H groups in total. The van der Waals surface area contributed by atoms with E-state index < -0.39 is 0 Å². The topological polar surface area (TPSA) is 26.3 Å². The molecule has 1 aliphatic carbocycles. The second-order valence-corrected chi connectivity index (χ2v) is 4.98. The van der Waals surface area contributed by atoms with Crippen molar-refractivity contribution in [3.63, 3.8) is 0 Å². The van der Waals surface area contributed by atoms with Crippen LogP contribution in [0.15, 0.2) is 22.7 Å². The Morgan fingerprint density at radius 3 is 2.94 bits per heavy atom. The van der Waals surface area contributed by atoms with Crippen molar-refractivity contribution in [1.29, 1.82) is 0 Å². The standard InChI is InChI=1S/C13H15BrO2/c14-13-11(4-2-8-15)3-1-5-12(13)16-9-10-6-7-10/h1,3,5,8,10H,2,4,6-7,9H2. The average Bonchev–Trinajstić information content (AvgIpc) is 3.10. The molecule has 0 atom stereocenters. The average molecular weight is 283 g/mol. The summed E-state index contributed by atoms with van der Waals surface area (Å²) in [4.78, 5) is 10.4. The molecule has 0 aliphatic heterocycles. The van der Waals surface area contributed by atoms with Crippen LogP contribution in [0.3, 0.4) is 0 Å². The van der Waals surface area contributed by atoms with Gasteiger partial charge in [0.25, 0.3) is 0 Å². The van der Waals surface area contributed by atoms with Crippen LogP contribution in [-0.4, -0.2) is 12.9 Å². The lowest BCUT2D eigenvalue weighted by Crippen LogP contribution is -2.00. The van der Waals surface area contributed by atoms with E-state index in [4.69, 9.17) is 4.74 Å². The van der Waals surface area contributed by atoms with Gasteiger partial charge >= 0.3 is 0 Å². The van der Waals surface area contributed by atoms with Crippen LogP contribution >= 0.6 is 15.9 Å². The first-order chi connectivity index (χ1) is 7.81. The van der Waals surface area contributed by atoms with Crippen molar-refractivity contribution < 1.29 is 9.53 Å². The molecule has 1 fully saturated rings. The Kier molecular flexibility index (Phi) is 3.99. The third-order valence-electron chi connectivity index (χ3n) is 2.75. The molecule has 1 aromatic carbocycles. The first kappa shape index (κ1) is 11.6. The Morgan fingerprint density at radius 1 is 1.44 bits per heavy atom. The largest absolute Gasteiger partial charge is 0.492 e. The van der Waals surface area contributed by atoms with E-state index in [2.05, 4.69) is 15.9 Å². The highest BCUT2D eigenvalue weighted by Crippen LogP contribution is 2.33. The van der Waals surface area contributed by atoms with E-state index in [1.165, 1.54) is 12.8 Å². The van der Waals surface area contributed by atoms with Gasteiger partial charge in [-0.05, 0) is 52.7 Å². The van der Waals surface area contributed by atoms with Gasteiger partial charge in [-0.15, -0.1) is 0 Å².